The number of nitrogens with zero attached hydrogens (tertiary/aromatic N) is 4. The van der Waals surface area contributed by atoms with Crippen LogP contribution in [0, 0.1) is 0 Å². The Kier molecular flexibility index (Phi) is 3.24. The van der Waals surface area contributed by atoms with Crippen LogP contribution < -0.4 is 0 Å². The van der Waals surface area contributed by atoms with Gasteiger partial charge in [0.2, 0.25) is 0 Å². The maximum absolute atomic E-state index is 12.8. The largest absolute Gasteiger partial charge is 0.481 e. The third-order valence-electron chi connectivity index (χ3n) is 2.85. The molecule has 1 aliphatic rings. The molecule has 0 radical (unpaired) electrons. The molecule has 6 nitrogen and oxygen atoms in total. The Morgan fingerprint density at radius 1 is 1.50 bits per heavy atom. The number of halogens is 3. The highest BCUT2D eigenvalue weighted by Gasteiger charge is 2.45. The summed E-state index contributed by atoms with van der Waals surface area (Å²) in [6.45, 7) is 0.411. The number of alkyl halides is 3. The van der Waals surface area contributed by atoms with E-state index in [4.69, 9.17) is 5.11 Å². The first-order valence-corrected chi connectivity index (χ1v) is 5.27. The van der Waals surface area contributed by atoms with Gasteiger partial charge in [-0.25, -0.2) is 0 Å². The Morgan fingerprint density at radius 3 is 2.83 bits per heavy atom. The van der Waals surface area contributed by atoms with Crippen molar-refractivity contribution in [3.05, 3.63) is 12.2 Å². The zero-order valence-corrected chi connectivity index (χ0v) is 9.26. The summed E-state index contributed by atoms with van der Waals surface area (Å²) in [6, 6.07) is -1.99. The Bertz CT molecular complexity index is 445. The maximum atomic E-state index is 12.8. The highest BCUT2D eigenvalue weighted by atomic mass is 19.4. The van der Waals surface area contributed by atoms with E-state index >= 15 is 0 Å². The Balaban J connectivity index is 2.16. The molecule has 100 valence electrons. The lowest BCUT2D eigenvalue weighted by atomic mass is 10.1. The molecule has 0 spiro atoms. The van der Waals surface area contributed by atoms with E-state index in [0.29, 0.717) is 12.4 Å². The summed E-state index contributed by atoms with van der Waals surface area (Å²) < 4.78 is 40.1. The van der Waals surface area contributed by atoms with Crippen molar-refractivity contribution < 1.29 is 23.1 Å². The van der Waals surface area contributed by atoms with Gasteiger partial charge in [-0.2, -0.15) is 13.2 Å². The van der Waals surface area contributed by atoms with Crippen molar-refractivity contribution >= 4 is 5.97 Å². The van der Waals surface area contributed by atoms with E-state index in [1.54, 1.807) is 4.57 Å². The molecule has 0 saturated heterocycles. The average Bonchev–Trinajstić information content (AvgIpc) is 2.70. The van der Waals surface area contributed by atoms with Crippen molar-refractivity contribution in [2.45, 2.75) is 31.7 Å². The predicted molar refractivity (Wildman–Crippen MR) is 52.5 cm³/mol. The lowest BCUT2D eigenvalue weighted by Gasteiger charge is -2.34. The van der Waals surface area contributed by atoms with Crippen LogP contribution in [-0.2, 0) is 17.9 Å². The van der Waals surface area contributed by atoms with Gasteiger partial charge in [-0.1, -0.05) is 0 Å². The molecule has 18 heavy (non-hydrogen) atoms. The minimum atomic E-state index is -4.57. The van der Waals surface area contributed by atoms with Crippen molar-refractivity contribution in [3.8, 4) is 0 Å². The second-order valence-electron chi connectivity index (χ2n) is 4.07. The van der Waals surface area contributed by atoms with Crippen LogP contribution in [0.25, 0.3) is 0 Å². The molecule has 0 saturated carbocycles. The number of carbonyl (C=O) groups is 1. The SMILES string of the molecule is O=C(O)CC(N1CCn2cnnc2C1)C(F)(F)F. The molecule has 2 heterocycles. The first-order chi connectivity index (χ1) is 8.38. The van der Waals surface area contributed by atoms with Crippen LogP contribution in [-0.4, -0.2) is 49.5 Å². The Morgan fingerprint density at radius 2 is 2.22 bits per heavy atom. The molecule has 9 heteroatoms. The fraction of sp³-hybridized carbons (Fsp3) is 0.667. The molecule has 0 bridgehead atoms. The van der Waals surface area contributed by atoms with Crippen molar-refractivity contribution in [3.63, 3.8) is 0 Å². The number of hydrogen-bond acceptors (Lipinski definition) is 4. The molecule has 0 aliphatic carbocycles. The quantitative estimate of drug-likeness (QED) is 0.860. The zero-order valence-electron chi connectivity index (χ0n) is 9.26. The average molecular weight is 264 g/mol. The maximum Gasteiger partial charge on any atom is 0.404 e. The molecular formula is C9H11F3N4O2. The number of carboxylic acid groups (broad SMARTS) is 1. The monoisotopic (exact) mass is 264 g/mol. The summed E-state index contributed by atoms with van der Waals surface area (Å²) in [5.41, 5.74) is 0. The molecule has 0 aromatic carbocycles. The topological polar surface area (TPSA) is 71.2 Å². The van der Waals surface area contributed by atoms with Crippen LogP contribution in [0.1, 0.15) is 12.2 Å². The molecule has 1 unspecified atom stereocenters. The van der Waals surface area contributed by atoms with E-state index < -0.39 is 24.6 Å². The van der Waals surface area contributed by atoms with Gasteiger partial charge in [-0.3, -0.25) is 9.69 Å². The van der Waals surface area contributed by atoms with Gasteiger partial charge in [0.25, 0.3) is 0 Å². The first kappa shape index (κ1) is 12.8. The molecule has 1 atom stereocenters. The van der Waals surface area contributed by atoms with Crippen LogP contribution in [0.5, 0.6) is 0 Å². The summed E-state index contributed by atoms with van der Waals surface area (Å²) >= 11 is 0. The van der Waals surface area contributed by atoms with Gasteiger partial charge in [0.05, 0.1) is 13.0 Å². The highest BCUT2D eigenvalue weighted by molar-refractivity contribution is 5.67. The van der Waals surface area contributed by atoms with Crippen molar-refractivity contribution in [2.75, 3.05) is 6.54 Å². The van der Waals surface area contributed by atoms with Crippen LogP contribution in [0.4, 0.5) is 13.2 Å². The van der Waals surface area contributed by atoms with E-state index in [1.165, 1.54) is 6.33 Å². The lowest BCUT2D eigenvalue weighted by Crippen LogP contribution is -2.49. The third-order valence-corrected chi connectivity index (χ3v) is 2.85. The van der Waals surface area contributed by atoms with E-state index in [9.17, 15) is 18.0 Å². The summed E-state index contributed by atoms with van der Waals surface area (Å²) in [5, 5.41) is 15.9. The zero-order chi connectivity index (χ0) is 13.3. The molecular weight excluding hydrogens is 253 g/mol. The van der Waals surface area contributed by atoms with Crippen molar-refractivity contribution in [1.82, 2.24) is 19.7 Å². The van der Waals surface area contributed by atoms with Crippen LogP contribution in [0.2, 0.25) is 0 Å². The number of carboxylic acids is 1. The van der Waals surface area contributed by atoms with Crippen LogP contribution in [0.15, 0.2) is 6.33 Å². The van der Waals surface area contributed by atoms with Gasteiger partial charge in [0.1, 0.15) is 18.2 Å². The van der Waals surface area contributed by atoms with Crippen LogP contribution in [0.3, 0.4) is 0 Å². The summed E-state index contributed by atoms with van der Waals surface area (Å²) in [6.07, 6.45) is -4.08. The molecule has 1 aromatic heterocycles. The number of aromatic nitrogens is 3. The predicted octanol–water partition coefficient (Wildman–Crippen LogP) is 0.499. The molecule has 2 rings (SSSR count). The standard InChI is InChI=1S/C9H11F3N4O2/c10-9(11,12)6(3-8(17)18)15-1-2-16-5-13-14-7(16)4-15/h5-6H,1-4H2,(H,17,18). The van der Waals surface area contributed by atoms with Gasteiger partial charge >= 0.3 is 12.1 Å². The molecule has 1 aliphatic heterocycles. The number of aliphatic carboxylic acids is 1. The van der Waals surface area contributed by atoms with Crippen molar-refractivity contribution in [1.29, 1.82) is 0 Å². The Labute approximate surface area is 100 Å². The summed E-state index contributed by atoms with van der Waals surface area (Å²) in [4.78, 5) is 11.6. The smallest absolute Gasteiger partial charge is 0.404 e. The van der Waals surface area contributed by atoms with Gasteiger partial charge in [-0.15, -0.1) is 10.2 Å². The third kappa shape index (κ3) is 2.61. The second kappa shape index (κ2) is 4.56. The minimum Gasteiger partial charge on any atom is -0.481 e. The molecule has 1 N–H and O–H groups in total. The lowest BCUT2D eigenvalue weighted by molar-refractivity contribution is -0.194. The second-order valence-corrected chi connectivity index (χ2v) is 4.07. The fourth-order valence-electron chi connectivity index (χ4n) is 1.97. The normalized spacial score (nSPS) is 18.4. The van der Waals surface area contributed by atoms with Gasteiger partial charge in [0.15, 0.2) is 0 Å². The van der Waals surface area contributed by atoms with E-state index in [1.807, 2.05) is 0 Å². The van der Waals surface area contributed by atoms with E-state index in [-0.39, 0.29) is 13.1 Å². The number of fused-ring (bicyclic) bond motifs is 1. The highest BCUT2D eigenvalue weighted by Crippen LogP contribution is 2.29. The first-order valence-electron chi connectivity index (χ1n) is 5.27. The molecule has 1 aromatic rings. The minimum absolute atomic E-state index is 0.0442. The number of rotatable bonds is 3. The van der Waals surface area contributed by atoms with Gasteiger partial charge in [-0.05, 0) is 0 Å². The summed E-state index contributed by atoms with van der Waals surface area (Å²) in [7, 11) is 0. The van der Waals surface area contributed by atoms with E-state index in [0.717, 1.165) is 4.90 Å². The van der Waals surface area contributed by atoms with Gasteiger partial charge in [0, 0.05) is 13.1 Å². The van der Waals surface area contributed by atoms with Gasteiger partial charge < -0.3 is 9.67 Å². The Hall–Kier alpha value is -1.64. The number of hydrogen-bond donors (Lipinski definition) is 1. The van der Waals surface area contributed by atoms with E-state index in [2.05, 4.69) is 10.2 Å². The molecule has 0 amide bonds. The molecule has 0 fully saturated rings. The summed E-state index contributed by atoms with van der Waals surface area (Å²) in [5.74, 6) is -1.05. The van der Waals surface area contributed by atoms with Crippen molar-refractivity contribution in [2.24, 2.45) is 0 Å². The fourth-order valence-corrected chi connectivity index (χ4v) is 1.97. The van der Waals surface area contributed by atoms with Crippen LogP contribution >= 0.6 is 0 Å².